The maximum atomic E-state index is 11.8. The minimum absolute atomic E-state index is 0.361. The van der Waals surface area contributed by atoms with Crippen molar-refractivity contribution in [2.24, 2.45) is 4.99 Å². The van der Waals surface area contributed by atoms with Gasteiger partial charge in [-0.25, -0.2) is 0 Å². The minimum atomic E-state index is -0.361. The Hall–Kier alpha value is -1.07. The van der Waals surface area contributed by atoms with E-state index in [0.29, 0.717) is 20.8 Å². The second kappa shape index (κ2) is 6.02. The number of hydrogen-bond donors (Lipinski definition) is 0. The first-order chi connectivity index (χ1) is 7.95. The van der Waals surface area contributed by atoms with Gasteiger partial charge in [-0.2, -0.15) is 4.99 Å². The van der Waals surface area contributed by atoms with Crippen molar-refractivity contribution in [3.8, 4) is 5.75 Å². The average Bonchev–Trinajstić information content (AvgIpc) is 2.26. The number of hydrogen-bond acceptors (Lipinski definition) is 2. The highest BCUT2D eigenvalue weighted by Gasteiger charge is 2.13. The highest BCUT2D eigenvalue weighted by Crippen LogP contribution is 2.31. The van der Waals surface area contributed by atoms with Gasteiger partial charge in [0.15, 0.2) is 0 Å². The molecule has 0 atom stereocenters. The summed E-state index contributed by atoms with van der Waals surface area (Å²) in [6, 6.07) is 3.17. The first-order valence-corrected chi connectivity index (χ1v) is 5.90. The molecule has 1 aromatic rings. The summed E-state index contributed by atoms with van der Waals surface area (Å²) in [6.45, 7) is 0. The van der Waals surface area contributed by atoms with Crippen molar-refractivity contribution < 1.29 is 9.53 Å². The van der Waals surface area contributed by atoms with Crippen LogP contribution >= 0.6 is 27.5 Å². The summed E-state index contributed by atoms with van der Waals surface area (Å²) in [5, 5.41) is 0.438. The lowest BCUT2D eigenvalue weighted by Crippen LogP contribution is -2.10. The molecule has 0 aliphatic heterocycles. The van der Waals surface area contributed by atoms with Gasteiger partial charge in [-0.05, 0) is 28.1 Å². The quantitative estimate of drug-likeness (QED) is 0.635. The normalized spacial score (nSPS) is 10.6. The topological polar surface area (TPSA) is 41.9 Å². The molecule has 1 amide bonds. The Morgan fingerprint density at radius 1 is 1.53 bits per heavy atom. The van der Waals surface area contributed by atoms with Crippen LogP contribution in [0.5, 0.6) is 5.75 Å². The fourth-order valence-corrected chi connectivity index (χ4v) is 1.97. The van der Waals surface area contributed by atoms with Crippen LogP contribution < -0.4 is 4.74 Å². The third-order valence-corrected chi connectivity index (χ3v) is 2.83. The molecular weight excluding hydrogens is 307 g/mol. The molecule has 0 N–H and O–H groups in total. The van der Waals surface area contributed by atoms with E-state index in [1.165, 1.54) is 13.4 Å². The number of nitrogens with zero attached hydrogens (tertiary/aromatic N) is 2. The lowest BCUT2D eigenvalue weighted by Gasteiger charge is -2.07. The molecule has 0 unspecified atom stereocenters. The SMILES string of the molecule is COc1cc(C(=O)/N=C/N(C)C)c(Br)cc1Cl. The number of aliphatic imine (C=N–C) groups is 1. The fourth-order valence-electron chi connectivity index (χ4n) is 1.09. The summed E-state index contributed by atoms with van der Waals surface area (Å²) in [6.07, 6.45) is 1.44. The van der Waals surface area contributed by atoms with Crippen LogP contribution in [0.4, 0.5) is 0 Å². The van der Waals surface area contributed by atoms with Crippen LogP contribution in [0.15, 0.2) is 21.6 Å². The largest absolute Gasteiger partial charge is 0.495 e. The lowest BCUT2D eigenvalue weighted by molar-refractivity contribution is 0.100. The lowest BCUT2D eigenvalue weighted by atomic mass is 10.2. The van der Waals surface area contributed by atoms with Gasteiger partial charge in [-0.1, -0.05) is 11.6 Å². The molecule has 6 heteroatoms. The number of halogens is 2. The predicted octanol–water partition coefficient (Wildman–Crippen LogP) is 2.84. The number of methoxy groups -OCH3 is 1. The van der Waals surface area contributed by atoms with Crippen molar-refractivity contribution in [2.45, 2.75) is 0 Å². The fraction of sp³-hybridized carbons (Fsp3) is 0.273. The molecule has 1 rings (SSSR count). The molecule has 4 nitrogen and oxygen atoms in total. The van der Waals surface area contributed by atoms with Crippen molar-refractivity contribution in [2.75, 3.05) is 21.2 Å². The van der Waals surface area contributed by atoms with E-state index in [1.54, 1.807) is 31.1 Å². The molecule has 92 valence electrons. The number of carbonyl (C=O) groups excluding carboxylic acids is 1. The first-order valence-electron chi connectivity index (χ1n) is 4.73. The zero-order valence-corrected chi connectivity index (χ0v) is 12.0. The van der Waals surface area contributed by atoms with Gasteiger partial charge < -0.3 is 9.64 Å². The zero-order valence-electron chi connectivity index (χ0n) is 9.70. The Bertz CT molecular complexity index is 461. The van der Waals surface area contributed by atoms with Crippen LogP contribution in [0.3, 0.4) is 0 Å². The van der Waals surface area contributed by atoms with Gasteiger partial charge in [-0.15, -0.1) is 0 Å². The van der Waals surface area contributed by atoms with E-state index in [4.69, 9.17) is 16.3 Å². The molecule has 1 aromatic carbocycles. The minimum Gasteiger partial charge on any atom is -0.495 e. The molecule has 0 heterocycles. The summed E-state index contributed by atoms with van der Waals surface area (Å²) in [5.74, 6) is 0.0822. The van der Waals surface area contributed by atoms with Gasteiger partial charge in [0.25, 0.3) is 5.91 Å². The molecule has 0 aliphatic rings. The van der Waals surface area contributed by atoms with E-state index in [2.05, 4.69) is 20.9 Å². The molecule has 0 aromatic heterocycles. The summed E-state index contributed by atoms with van der Waals surface area (Å²) in [5.41, 5.74) is 0.407. The summed E-state index contributed by atoms with van der Waals surface area (Å²) < 4.78 is 5.64. The van der Waals surface area contributed by atoms with Gasteiger partial charge in [0.1, 0.15) is 5.75 Å². The number of benzene rings is 1. The van der Waals surface area contributed by atoms with E-state index < -0.39 is 0 Å². The molecule has 0 spiro atoms. The Morgan fingerprint density at radius 3 is 2.71 bits per heavy atom. The number of carbonyl (C=O) groups is 1. The molecule has 0 fully saturated rings. The molecule has 17 heavy (non-hydrogen) atoms. The summed E-state index contributed by atoms with van der Waals surface area (Å²) >= 11 is 9.19. The third kappa shape index (κ3) is 3.71. The van der Waals surface area contributed by atoms with Crippen LogP contribution in [0, 0.1) is 0 Å². The predicted molar refractivity (Wildman–Crippen MR) is 72.2 cm³/mol. The first kappa shape index (κ1) is 14.0. The van der Waals surface area contributed by atoms with Crippen molar-refractivity contribution in [3.05, 3.63) is 27.2 Å². The van der Waals surface area contributed by atoms with E-state index >= 15 is 0 Å². The van der Waals surface area contributed by atoms with Crippen LogP contribution in [0.1, 0.15) is 10.4 Å². The van der Waals surface area contributed by atoms with Crippen molar-refractivity contribution in [3.63, 3.8) is 0 Å². The van der Waals surface area contributed by atoms with Gasteiger partial charge in [0.05, 0.1) is 24.0 Å². The van der Waals surface area contributed by atoms with Crippen LogP contribution in [-0.4, -0.2) is 38.4 Å². The number of rotatable bonds is 3. The van der Waals surface area contributed by atoms with Gasteiger partial charge in [0.2, 0.25) is 0 Å². The van der Waals surface area contributed by atoms with Crippen molar-refractivity contribution >= 4 is 39.8 Å². The van der Waals surface area contributed by atoms with Gasteiger partial charge >= 0.3 is 0 Å². The number of amides is 1. The van der Waals surface area contributed by atoms with Crippen LogP contribution in [-0.2, 0) is 0 Å². The standard InChI is InChI=1S/C11H12BrClN2O2/c1-15(2)6-14-11(16)7-4-10(17-3)9(13)5-8(7)12/h4-6H,1-3H3/b14-6+. The second-order valence-corrected chi connectivity index (χ2v) is 4.74. The average molecular weight is 320 g/mol. The van der Waals surface area contributed by atoms with Crippen LogP contribution in [0.25, 0.3) is 0 Å². The zero-order chi connectivity index (χ0) is 13.0. The molecule has 0 bridgehead atoms. The van der Waals surface area contributed by atoms with Gasteiger partial charge in [0, 0.05) is 18.6 Å². The molecule has 0 aliphatic carbocycles. The highest BCUT2D eigenvalue weighted by atomic mass is 79.9. The molecular formula is C11H12BrClN2O2. The van der Waals surface area contributed by atoms with E-state index in [9.17, 15) is 4.79 Å². The summed E-state index contributed by atoms with van der Waals surface area (Å²) in [4.78, 5) is 17.3. The van der Waals surface area contributed by atoms with E-state index in [1.807, 2.05) is 0 Å². The summed E-state index contributed by atoms with van der Waals surface area (Å²) in [7, 11) is 5.06. The Labute approximate surface area is 113 Å². The molecule has 0 saturated carbocycles. The smallest absolute Gasteiger partial charge is 0.279 e. The molecule has 0 radical (unpaired) electrons. The second-order valence-electron chi connectivity index (χ2n) is 3.48. The highest BCUT2D eigenvalue weighted by molar-refractivity contribution is 9.10. The van der Waals surface area contributed by atoms with E-state index in [0.717, 1.165) is 0 Å². The van der Waals surface area contributed by atoms with Gasteiger partial charge in [-0.3, -0.25) is 4.79 Å². The van der Waals surface area contributed by atoms with Crippen LogP contribution in [0.2, 0.25) is 5.02 Å². The number of ether oxygens (including phenoxy) is 1. The maximum Gasteiger partial charge on any atom is 0.279 e. The third-order valence-electron chi connectivity index (χ3n) is 1.88. The molecule has 0 saturated heterocycles. The Balaban J connectivity index is 3.09. The van der Waals surface area contributed by atoms with Crippen molar-refractivity contribution in [1.82, 2.24) is 4.90 Å². The van der Waals surface area contributed by atoms with E-state index in [-0.39, 0.29) is 5.91 Å². The Kier molecular flexibility index (Phi) is 4.96. The monoisotopic (exact) mass is 318 g/mol. The van der Waals surface area contributed by atoms with Crippen molar-refractivity contribution in [1.29, 1.82) is 0 Å². The maximum absolute atomic E-state index is 11.8. The Morgan fingerprint density at radius 2 is 2.18 bits per heavy atom.